The van der Waals surface area contributed by atoms with E-state index in [1.807, 2.05) is 26.8 Å². The minimum atomic E-state index is -3.72. The first-order valence-electron chi connectivity index (χ1n) is 8.33. The Morgan fingerprint density at radius 3 is 2.22 bits per heavy atom. The molecule has 0 saturated carbocycles. The first-order valence-corrected chi connectivity index (χ1v) is 9.81. The summed E-state index contributed by atoms with van der Waals surface area (Å²) in [6.07, 6.45) is 0. The number of halogens is 1. The third-order valence-electron chi connectivity index (χ3n) is 4.49. The molecule has 0 fully saturated rings. The molecular formula is C19H26ClN3O3S. The number of rotatable bonds is 6. The van der Waals surface area contributed by atoms with Crippen molar-refractivity contribution >= 4 is 34.0 Å². The van der Waals surface area contributed by atoms with Gasteiger partial charge in [-0.05, 0) is 68.3 Å². The third-order valence-corrected chi connectivity index (χ3v) is 5.89. The van der Waals surface area contributed by atoms with Crippen LogP contribution in [0.1, 0.15) is 28.4 Å². The van der Waals surface area contributed by atoms with Crippen molar-refractivity contribution in [2.45, 2.75) is 31.7 Å². The second kappa shape index (κ2) is 9.21. The molecule has 2 aromatic carbocycles. The number of likely N-dealkylation sites (N-methyl/N-ethyl adjacent to an activating group) is 1. The number of benzene rings is 2. The molecule has 0 spiro atoms. The van der Waals surface area contributed by atoms with Crippen LogP contribution in [0.5, 0.6) is 0 Å². The molecule has 0 aliphatic rings. The van der Waals surface area contributed by atoms with Crippen LogP contribution in [0.2, 0.25) is 0 Å². The Morgan fingerprint density at radius 2 is 1.70 bits per heavy atom. The molecule has 1 amide bonds. The number of aryl methyl sites for hydroxylation is 2. The number of carbonyl (C=O) groups is 1. The Morgan fingerprint density at radius 1 is 1.11 bits per heavy atom. The van der Waals surface area contributed by atoms with E-state index in [1.54, 1.807) is 19.2 Å². The van der Waals surface area contributed by atoms with Gasteiger partial charge in [-0.25, -0.2) is 8.42 Å². The number of hydrogen-bond acceptors (Lipinski definition) is 4. The number of nitrogens with one attached hydrogen (secondary N) is 1. The molecule has 27 heavy (non-hydrogen) atoms. The highest BCUT2D eigenvalue weighted by Gasteiger charge is 2.19. The van der Waals surface area contributed by atoms with Gasteiger partial charge in [-0.3, -0.25) is 9.52 Å². The third kappa shape index (κ3) is 5.45. The summed E-state index contributed by atoms with van der Waals surface area (Å²) in [5, 5.41) is 0. The zero-order valence-corrected chi connectivity index (χ0v) is 17.5. The second-order valence-corrected chi connectivity index (χ2v) is 8.11. The van der Waals surface area contributed by atoms with Gasteiger partial charge in [0.2, 0.25) is 0 Å². The van der Waals surface area contributed by atoms with E-state index in [0.29, 0.717) is 17.8 Å². The molecule has 0 radical (unpaired) electrons. The molecule has 0 bridgehead atoms. The van der Waals surface area contributed by atoms with Gasteiger partial charge in [0.05, 0.1) is 4.90 Å². The molecule has 0 aromatic heterocycles. The van der Waals surface area contributed by atoms with Crippen molar-refractivity contribution in [1.29, 1.82) is 0 Å². The molecular weight excluding hydrogens is 386 g/mol. The van der Waals surface area contributed by atoms with Crippen molar-refractivity contribution in [3.05, 3.63) is 59.2 Å². The zero-order valence-electron chi connectivity index (χ0n) is 15.9. The number of anilines is 1. The summed E-state index contributed by atoms with van der Waals surface area (Å²) in [7, 11) is -2.05. The first kappa shape index (κ1) is 23.0. The lowest BCUT2D eigenvalue weighted by Crippen LogP contribution is -2.39. The van der Waals surface area contributed by atoms with Gasteiger partial charge in [0, 0.05) is 30.9 Å². The van der Waals surface area contributed by atoms with Crippen LogP contribution >= 0.6 is 12.4 Å². The van der Waals surface area contributed by atoms with E-state index in [4.69, 9.17) is 5.73 Å². The fraction of sp³-hybridized carbons (Fsp3) is 0.316. The summed E-state index contributed by atoms with van der Waals surface area (Å²) >= 11 is 0. The fourth-order valence-corrected chi connectivity index (χ4v) is 3.41. The van der Waals surface area contributed by atoms with Gasteiger partial charge in [0.15, 0.2) is 0 Å². The fourth-order valence-electron chi connectivity index (χ4n) is 2.36. The predicted molar refractivity (Wildman–Crippen MR) is 111 cm³/mol. The highest BCUT2D eigenvalue weighted by molar-refractivity contribution is 7.92. The summed E-state index contributed by atoms with van der Waals surface area (Å²) in [5.74, 6) is -0.200. The van der Waals surface area contributed by atoms with Gasteiger partial charge in [-0.1, -0.05) is 6.07 Å². The minimum Gasteiger partial charge on any atom is -0.338 e. The average Bonchev–Trinajstić information content (AvgIpc) is 2.62. The molecule has 2 aromatic rings. The van der Waals surface area contributed by atoms with Gasteiger partial charge in [0.1, 0.15) is 0 Å². The van der Waals surface area contributed by atoms with Gasteiger partial charge >= 0.3 is 0 Å². The van der Waals surface area contributed by atoms with Crippen LogP contribution in [0.25, 0.3) is 0 Å². The maximum Gasteiger partial charge on any atom is 0.261 e. The van der Waals surface area contributed by atoms with Crippen molar-refractivity contribution in [3.63, 3.8) is 0 Å². The van der Waals surface area contributed by atoms with E-state index >= 15 is 0 Å². The molecule has 0 heterocycles. The van der Waals surface area contributed by atoms with Crippen LogP contribution in [-0.4, -0.2) is 38.9 Å². The quantitative estimate of drug-likeness (QED) is 0.764. The van der Waals surface area contributed by atoms with Crippen LogP contribution in [0.3, 0.4) is 0 Å². The number of amides is 1. The van der Waals surface area contributed by atoms with Gasteiger partial charge < -0.3 is 10.6 Å². The number of carbonyl (C=O) groups excluding carboxylic acids is 1. The molecule has 0 saturated heterocycles. The van der Waals surface area contributed by atoms with Crippen LogP contribution < -0.4 is 10.5 Å². The van der Waals surface area contributed by atoms with E-state index < -0.39 is 10.0 Å². The van der Waals surface area contributed by atoms with E-state index in [0.717, 1.165) is 11.1 Å². The first-order chi connectivity index (χ1) is 12.2. The molecule has 1 atom stereocenters. The monoisotopic (exact) mass is 411 g/mol. The van der Waals surface area contributed by atoms with E-state index in [2.05, 4.69) is 4.72 Å². The highest BCUT2D eigenvalue weighted by Crippen LogP contribution is 2.20. The van der Waals surface area contributed by atoms with Crippen molar-refractivity contribution < 1.29 is 13.2 Å². The SMILES string of the molecule is Cc1ccc(NS(=O)(=O)c2ccc(C(=O)N(C)C(C)CN)cc2)cc1C.Cl. The molecule has 6 nitrogen and oxygen atoms in total. The van der Waals surface area contributed by atoms with Crippen LogP contribution in [0.15, 0.2) is 47.4 Å². The van der Waals surface area contributed by atoms with Crippen molar-refractivity contribution in [3.8, 4) is 0 Å². The summed E-state index contributed by atoms with van der Waals surface area (Å²) in [6, 6.07) is 11.2. The van der Waals surface area contributed by atoms with E-state index in [9.17, 15) is 13.2 Å². The smallest absolute Gasteiger partial charge is 0.261 e. The maximum atomic E-state index is 12.5. The Kier molecular flexibility index (Phi) is 7.83. The number of nitrogens with zero attached hydrogens (tertiary/aromatic N) is 1. The number of sulfonamides is 1. The lowest BCUT2D eigenvalue weighted by Gasteiger charge is -2.23. The summed E-state index contributed by atoms with van der Waals surface area (Å²) in [4.78, 5) is 14.0. The largest absolute Gasteiger partial charge is 0.338 e. The molecule has 3 N–H and O–H groups in total. The van der Waals surface area contributed by atoms with Crippen LogP contribution in [0, 0.1) is 13.8 Å². The molecule has 148 valence electrons. The Hall–Kier alpha value is -2.09. The van der Waals surface area contributed by atoms with E-state index in [-0.39, 0.29) is 29.3 Å². The maximum absolute atomic E-state index is 12.5. The predicted octanol–water partition coefficient (Wildman–Crippen LogP) is 2.95. The molecule has 8 heteroatoms. The normalized spacial score (nSPS) is 12.0. The standard InChI is InChI=1S/C19H25N3O3S.ClH/c1-13-5-8-17(11-14(13)2)21-26(24,25)18-9-6-16(7-10-18)19(23)22(4)15(3)12-20;/h5-11,15,21H,12,20H2,1-4H3;1H. The topological polar surface area (TPSA) is 92.5 Å². The molecule has 1 unspecified atom stereocenters. The van der Waals surface area contributed by atoms with Gasteiger partial charge in [-0.2, -0.15) is 0 Å². The van der Waals surface area contributed by atoms with Gasteiger partial charge in [0.25, 0.3) is 15.9 Å². The molecule has 0 aliphatic carbocycles. The van der Waals surface area contributed by atoms with Gasteiger partial charge in [-0.15, -0.1) is 12.4 Å². The Bertz CT molecular complexity index is 899. The number of hydrogen-bond donors (Lipinski definition) is 2. The van der Waals surface area contributed by atoms with E-state index in [1.165, 1.54) is 29.2 Å². The van der Waals surface area contributed by atoms with Crippen LogP contribution in [0.4, 0.5) is 5.69 Å². The van der Waals surface area contributed by atoms with Crippen LogP contribution in [-0.2, 0) is 10.0 Å². The Balaban J connectivity index is 0.00000364. The minimum absolute atomic E-state index is 0. The highest BCUT2D eigenvalue weighted by atomic mass is 35.5. The summed E-state index contributed by atoms with van der Waals surface area (Å²) in [6.45, 7) is 6.09. The molecule has 2 rings (SSSR count). The second-order valence-electron chi connectivity index (χ2n) is 6.43. The van der Waals surface area contributed by atoms with Crippen molar-refractivity contribution in [1.82, 2.24) is 4.90 Å². The summed E-state index contributed by atoms with van der Waals surface area (Å²) < 4.78 is 27.7. The van der Waals surface area contributed by atoms with Crippen molar-refractivity contribution in [2.24, 2.45) is 5.73 Å². The number of nitrogens with two attached hydrogens (primary N) is 1. The Labute approximate surface area is 167 Å². The lowest BCUT2D eigenvalue weighted by atomic mass is 10.1. The zero-order chi connectivity index (χ0) is 19.5. The summed E-state index contributed by atoms with van der Waals surface area (Å²) in [5.41, 5.74) is 8.59. The van der Waals surface area contributed by atoms with Crippen molar-refractivity contribution in [2.75, 3.05) is 18.3 Å². The lowest BCUT2D eigenvalue weighted by molar-refractivity contribution is 0.0748. The molecule has 0 aliphatic heterocycles. The average molecular weight is 412 g/mol.